The average molecular weight is 274 g/mol. The summed E-state index contributed by atoms with van der Waals surface area (Å²) in [5.74, 6) is -0.161. The minimum atomic E-state index is -1.21. The first kappa shape index (κ1) is 12.2. The molecule has 2 aromatic carbocycles. The molecule has 1 aromatic heterocycles. The summed E-state index contributed by atoms with van der Waals surface area (Å²) in [5, 5.41) is 13.7. The number of fused-ring (bicyclic) bond motifs is 1. The molecule has 100 valence electrons. The van der Waals surface area contributed by atoms with E-state index in [1.54, 1.807) is 24.3 Å². The number of phenolic OH excluding ortho intramolecular Hbond substituents is 1. The topological polar surface area (TPSA) is 70.9 Å². The molecule has 3 rings (SSSR count). The molecule has 0 atom stereocenters. The van der Waals surface area contributed by atoms with Crippen molar-refractivity contribution in [2.45, 2.75) is 0 Å². The van der Waals surface area contributed by atoms with Gasteiger partial charge in [0.2, 0.25) is 5.95 Å². The highest BCUT2D eigenvalue weighted by Crippen LogP contribution is 2.28. The Morgan fingerprint density at radius 3 is 2.45 bits per heavy atom. The second-order valence-electron chi connectivity index (χ2n) is 4.03. The van der Waals surface area contributed by atoms with E-state index in [1.807, 2.05) is 6.07 Å². The van der Waals surface area contributed by atoms with Crippen molar-refractivity contribution >= 4 is 22.4 Å². The van der Waals surface area contributed by atoms with Gasteiger partial charge < -0.3 is 10.4 Å². The number of halogens is 2. The van der Waals surface area contributed by atoms with E-state index < -0.39 is 12.2 Å². The number of benzene rings is 2. The fourth-order valence-corrected chi connectivity index (χ4v) is 1.87. The Morgan fingerprint density at radius 2 is 1.70 bits per heavy atom. The van der Waals surface area contributed by atoms with Crippen molar-refractivity contribution < 1.29 is 13.9 Å². The number of nitrogens with zero attached hydrogens (tertiary/aromatic N) is 3. The van der Waals surface area contributed by atoms with Crippen LogP contribution in [0.1, 0.15) is 0 Å². The molecule has 7 heteroatoms. The SMILES string of the molecule is Oc1ccc2cccc(Nc3nc(F)nc(F)n3)c2c1. The van der Waals surface area contributed by atoms with E-state index >= 15 is 0 Å². The van der Waals surface area contributed by atoms with E-state index in [1.165, 1.54) is 6.07 Å². The van der Waals surface area contributed by atoms with Crippen LogP contribution in [0.2, 0.25) is 0 Å². The molecule has 1 heterocycles. The van der Waals surface area contributed by atoms with Gasteiger partial charge in [-0.25, -0.2) is 0 Å². The fourth-order valence-electron chi connectivity index (χ4n) is 1.87. The van der Waals surface area contributed by atoms with Crippen molar-refractivity contribution in [3.05, 3.63) is 48.6 Å². The molecule has 0 aliphatic heterocycles. The van der Waals surface area contributed by atoms with Crippen molar-refractivity contribution in [3.8, 4) is 5.75 Å². The predicted octanol–water partition coefficient (Wildman–Crippen LogP) is 2.75. The van der Waals surface area contributed by atoms with Gasteiger partial charge in [0.05, 0.1) is 0 Å². The molecular weight excluding hydrogens is 266 g/mol. The van der Waals surface area contributed by atoms with E-state index in [9.17, 15) is 13.9 Å². The summed E-state index contributed by atoms with van der Waals surface area (Å²) in [6.07, 6.45) is -2.41. The Hall–Kier alpha value is -2.83. The van der Waals surface area contributed by atoms with Gasteiger partial charge in [0.15, 0.2) is 0 Å². The van der Waals surface area contributed by atoms with E-state index in [0.29, 0.717) is 11.1 Å². The summed E-state index contributed by atoms with van der Waals surface area (Å²) in [4.78, 5) is 9.53. The standard InChI is InChI=1S/C13H8F2N4O/c14-11-17-12(15)19-13(18-11)16-10-3-1-2-7-4-5-8(20)6-9(7)10/h1-6,20H,(H,16,17,18,19). The highest BCUT2D eigenvalue weighted by molar-refractivity contribution is 5.95. The zero-order valence-electron chi connectivity index (χ0n) is 10.0. The molecule has 0 aliphatic carbocycles. The number of nitrogens with one attached hydrogen (secondary N) is 1. The third-order valence-electron chi connectivity index (χ3n) is 2.69. The van der Waals surface area contributed by atoms with Crippen LogP contribution in [0.5, 0.6) is 5.75 Å². The van der Waals surface area contributed by atoms with Gasteiger partial charge in [-0.15, -0.1) is 0 Å². The summed E-state index contributed by atoms with van der Waals surface area (Å²) < 4.78 is 25.9. The summed E-state index contributed by atoms with van der Waals surface area (Å²) in [6, 6.07) is 10.1. The van der Waals surface area contributed by atoms with E-state index in [0.717, 1.165) is 5.39 Å². The van der Waals surface area contributed by atoms with Crippen LogP contribution in [0.3, 0.4) is 0 Å². The molecule has 5 nitrogen and oxygen atoms in total. The van der Waals surface area contributed by atoms with Gasteiger partial charge in [0, 0.05) is 11.1 Å². The van der Waals surface area contributed by atoms with Crippen LogP contribution in [0.15, 0.2) is 36.4 Å². The maximum absolute atomic E-state index is 12.9. The number of rotatable bonds is 2. The molecule has 0 radical (unpaired) electrons. The summed E-state index contributed by atoms with van der Waals surface area (Å²) in [6.45, 7) is 0. The van der Waals surface area contributed by atoms with Crippen molar-refractivity contribution in [2.24, 2.45) is 0 Å². The van der Waals surface area contributed by atoms with Crippen LogP contribution in [0.25, 0.3) is 10.8 Å². The molecule has 0 saturated heterocycles. The van der Waals surface area contributed by atoms with Crippen molar-refractivity contribution in [1.82, 2.24) is 15.0 Å². The lowest BCUT2D eigenvalue weighted by atomic mass is 10.1. The highest BCUT2D eigenvalue weighted by atomic mass is 19.1. The lowest BCUT2D eigenvalue weighted by molar-refractivity contribution is 0.458. The van der Waals surface area contributed by atoms with Gasteiger partial charge in [-0.2, -0.15) is 23.7 Å². The molecule has 0 bridgehead atoms. The third kappa shape index (κ3) is 2.33. The number of hydrogen-bond acceptors (Lipinski definition) is 5. The zero-order valence-corrected chi connectivity index (χ0v) is 10.0. The lowest BCUT2D eigenvalue weighted by Crippen LogP contribution is -2.04. The van der Waals surface area contributed by atoms with Gasteiger partial charge in [-0.3, -0.25) is 0 Å². The first-order valence-electron chi connectivity index (χ1n) is 5.68. The molecule has 0 aliphatic rings. The minimum Gasteiger partial charge on any atom is -0.508 e. The van der Waals surface area contributed by atoms with E-state index in [4.69, 9.17) is 0 Å². The molecule has 0 amide bonds. The Balaban J connectivity index is 2.08. The Bertz CT molecular complexity index is 774. The Morgan fingerprint density at radius 1 is 0.950 bits per heavy atom. The highest BCUT2D eigenvalue weighted by Gasteiger charge is 2.08. The van der Waals surface area contributed by atoms with Crippen LogP contribution >= 0.6 is 0 Å². The van der Waals surface area contributed by atoms with Gasteiger partial charge >= 0.3 is 12.2 Å². The molecular formula is C13H8F2N4O. The minimum absolute atomic E-state index is 0.0831. The second kappa shape index (κ2) is 4.69. The first-order chi connectivity index (χ1) is 9.61. The molecule has 0 saturated carbocycles. The van der Waals surface area contributed by atoms with Crippen LogP contribution in [0, 0.1) is 12.2 Å². The Labute approximate surface area is 112 Å². The molecule has 0 unspecified atom stereocenters. The smallest absolute Gasteiger partial charge is 0.315 e. The monoisotopic (exact) mass is 274 g/mol. The largest absolute Gasteiger partial charge is 0.508 e. The van der Waals surface area contributed by atoms with Crippen LogP contribution in [-0.2, 0) is 0 Å². The maximum atomic E-state index is 12.9. The predicted molar refractivity (Wildman–Crippen MR) is 68.6 cm³/mol. The molecule has 0 fully saturated rings. The molecule has 20 heavy (non-hydrogen) atoms. The van der Waals surface area contributed by atoms with Gasteiger partial charge in [0.1, 0.15) is 5.75 Å². The van der Waals surface area contributed by atoms with Crippen LogP contribution in [0.4, 0.5) is 20.4 Å². The van der Waals surface area contributed by atoms with E-state index in [-0.39, 0.29) is 11.7 Å². The number of aromatic hydroxyl groups is 1. The molecule has 2 N–H and O–H groups in total. The van der Waals surface area contributed by atoms with Crippen molar-refractivity contribution in [3.63, 3.8) is 0 Å². The average Bonchev–Trinajstić information content (AvgIpc) is 2.38. The van der Waals surface area contributed by atoms with E-state index in [2.05, 4.69) is 20.3 Å². The van der Waals surface area contributed by atoms with Crippen LogP contribution in [-0.4, -0.2) is 20.1 Å². The number of hydrogen-bond donors (Lipinski definition) is 2. The number of anilines is 2. The fraction of sp³-hybridized carbons (Fsp3) is 0. The van der Waals surface area contributed by atoms with Crippen LogP contribution < -0.4 is 5.32 Å². The first-order valence-corrected chi connectivity index (χ1v) is 5.68. The van der Waals surface area contributed by atoms with Gasteiger partial charge in [-0.05, 0) is 23.6 Å². The summed E-state index contributed by atoms with van der Waals surface area (Å²) in [7, 11) is 0. The zero-order chi connectivity index (χ0) is 14.1. The summed E-state index contributed by atoms with van der Waals surface area (Å²) >= 11 is 0. The van der Waals surface area contributed by atoms with Crippen molar-refractivity contribution in [2.75, 3.05) is 5.32 Å². The normalized spacial score (nSPS) is 10.7. The number of phenols is 1. The third-order valence-corrected chi connectivity index (χ3v) is 2.69. The maximum Gasteiger partial charge on any atom is 0.315 e. The second-order valence-corrected chi connectivity index (χ2v) is 4.03. The number of aromatic nitrogens is 3. The van der Waals surface area contributed by atoms with Gasteiger partial charge in [0.25, 0.3) is 0 Å². The Kier molecular flexibility index (Phi) is 2.86. The van der Waals surface area contributed by atoms with Gasteiger partial charge in [-0.1, -0.05) is 18.2 Å². The lowest BCUT2D eigenvalue weighted by Gasteiger charge is -2.08. The van der Waals surface area contributed by atoms with Crippen molar-refractivity contribution in [1.29, 1.82) is 0 Å². The molecule has 0 spiro atoms. The quantitative estimate of drug-likeness (QED) is 0.751. The molecule has 3 aromatic rings. The summed E-state index contributed by atoms with van der Waals surface area (Å²) in [5.41, 5.74) is 0.517.